The van der Waals surface area contributed by atoms with Gasteiger partial charge in [0, 0.05) is 23.4 Å². The van der Waals surface area contributed by atoms with Crippen LogP contribution in [0.1, 0.15) is 17.3 Å². The van der Waals surface area contributed by atoms with Crippen molar-refractivity contribution in [2.45, 2.75) is 18.4 Å². The van der Waals surface area contributed by atoms with Gasteiger partial charge >= 0.3 is 0 Å². The average molecular weight is 409 g/mol. The fraction of sp³-hybridized carbons (Fsp3) is 0.150. The fourth-order valence-corrected chi connectivity index (χ4v) is 3.59. The number of carbonyl (C=O) groups is 1. The standard InChI is InChI=1S/C20H19N5O3S/c1-3-12-22-29(27,28)18-10-8-15(9-11-18)20(26)23-17-7-5-6-16(13-17)19-24-21-14-25(19)4-2/h1,5-11,13-14,22H,4,12H2,2H3,(H,23,26). The largest absolute Gasteiger partial charge is 0.322 e. The molecule has 0 aliphatic heterocycles. The van der Waals surface area contributed by atoms with Crippen LogP contribution in [0, 0.1) is 12.3 Å². The fourth-order valence-electron chi connectivity index (χ4n) is 2.65. The molecule has 0 atom stereocenters. The van der Waals surface area contributed by atoms with Crippen molar-refractivity contribution in [3.63, 3.8) is 0 Å². The third kappa shape index (κ3) is 4.68. The van der Waals surface area contributed by atoms with E-state index in [1.807, 2.05) is 23.6 Å². The van der Waals surface area contributed by atoms with Crippen molar-refractivity contribution in [3.05, 3.63) is 60.4 Å². The highest BCUT2D eigenvalue weighted by Gasteiger charge is 2.14. The molecule has 1 aromatic heterocycles. The third-order valence-corrected chi connectivity index (χ3v) is 5.54. The molecule has 0 aliphatic carbocycles. The Balaban J connectivity index is 1.76. The SMILES string of the molecule is C#CCNS(=O)(=O)c1ccc(C(=O)Nc2cccc(-c3nncn3CC)c2)cc1. The number of anilines is 1. The summed E-state index contributed by atoms with van der Waals surface area (Å²) in [7, 11) is -3.70. The molecule has 3 aromatic rings. The number of amides is 1. The van der Waals surface area contributed by atoms with E-state index in [4.69, 9.17) is 6.42 Å². The number of hydrogen-bond acceptors (Lipinski definition) is 5. The van der Waals surface area contributed by atoms with Crippen LogP contribution in [0.4, 0.5) is 5.69 Å². The summed E-state index contributed by atoms with van der Waals surface area (Å²) in [4.78, 5) is 12.6. The Morgan fingerprint density at radius 3 is 2.66 bits per heavy atom. The van der Waals surface area contributed by atoms with Crippen molar-refractivity contribution >= 4 is 21.6 Å². The molecule has 2 aromatic carbocycles. The van der Waals surface area contributed by atoms with Gasteiger partial charge in [-0.25, -0.2) is 8.42 Å². The molecular weight excluding hydrogens is 390 g/mol. The van der Waals surface area contributed by atoms with Gasteiger partial charge in [0.1, 0.15) is 6.33 Å². The number of nitrogens with one attached hydrogen (secondary N) is 2. The maximum absolute atomic E-state index is 12.5. The number of carbonyl (C=O) groups excluding carboxylic acids is 1. The van der Waals surface area contributed by atoms with Crippen molar-refractivity contribution in [1.29, 1.82) is 0 Å². The van der Waals surface area contributed by atoms with Crippen molar-refractivity contribution in [3.8, 4) is 23.7 Å². The first-order valence-electron chi connectivity index (χ1n) is 8.77. The second kappa shape index (κ2) is 8.68. The number of rotatable bonds is 7. The molecule has 0 unspecified atom stereocenters. The minimum atomic E-state index is -3.70. The molecule has 148 valence electrons. The molecule has 0 spiro atoms. The molecule has 0 aliphatic rings. The molecule has 1 amide bonds. The van der Waals surface area contributed by atoms with Crippen molar-refractivity contribution in [1.82, 2.24) is 19.5 Å². The number of terminal acetylenes is 1. The zero-order valence-electron chi connectivity index (χ0n) is 15.7. The van der Waals surface area contributed by atoms with Crippen LogP contribution in [0.5, 0.6) is 0 Å². The predicted octanol–water partition coefficient (Wildman–Crippen LogP) is 2.13. The summed E-state index contributed by atoms with van der Waals surface area (Å²) in [5, 5.41) is 10.8. The van der Waals surface area contributed by atoms with E-state index in [2.05, 4.69) is 26.2 Å². The lowest BCUT2D eigenvalue weighted by molar-refractivity contribution is 0.102. The van der Waals surface area contributed by atoms with Crippen LogP contribution in [0.15, 0.2) is 59.8 Å². The minimum Gasteiger partial charge on any atom is -0.322 e. The molecule has 0 saturated carbocycles. The quantitative estimate of drug-likeness (QED) is 0.582. The van der Waals surface area contributed by atoms with Gasteiger partial charge in [-0.3, -0.25) is 4.79 Å². The smallest absolute Gasteiger partial charge is 0.255 e. The molecule has 8 nitrogen and oxygen atoms in total. The van der Waals surface area contributed by atoms with Gasteiger partial charge in [0.05, 0.1) is 11.4 Å². The maximum Gasteiger partial charge on any atom is 0.255 e. The lowest BCUT2D eigenvalue weighted by atomic mass is 10.1. The summed E-state index contributed by atoms with van der Waals surface area (Å²) in [5.74, 6) is 2.55. The summed E-state index contributed by atoms with van der Waals surface area (Å²) in [6, 6.07) is 12.9. The van der Waals surface area contributed by atoms with Gasteiger partial charge in [0.15, 0.2) is 5.82 Å². The van der Waals surface area contributed by atoms with Gasteiger partial charge in [-0.1, -0.05) is 18.1 Å². The van der Waals surface area contributed by atoms with Crippen molar-refractivity contribution < 1.29 is 13.2 Å². The van der Waals surface area contributed by atoms with Crippen LogP contribution in [0.25, 0.3) is 11.4 Å². The van der Waals surface area contributed by atoms with Crippen molar-refractivity contribution in [2.75, 3.05) is 11.9 Å². The Bertz CT molecular complexity index is 1160. The van der Waals surface area contributed by atoms with Gasteiger partial charge in [0.25, 0.3) is 5.91 Å². The molecule has 0 saturated heterocycles. The molecular formula is C20H19N5O3S. The molecule has 3 rings (SSSR count). The van der Waals surface area contributed by atoms with Crippen LogP contribution in [-0.2, 0) is 16.6 Å². The molecule has 0 fully saturated rings. The van der Waals surface area contributed by atoms with E-state index in [0.29, 0.717) is 17.1 Å². The van der Waals surface area contributed by atoms with E-state index in [1.165, 1.54) is 24.3 Å². The minimum absolute atomic E-state index is 0.0326. The summed E-state index contributed by atoms with van der Waals surface area (Å²) in [6.45, 7) is 2.61. The molecule has 0 bridgehead atoms. The predicted molar refractivity (Wildman–Crippen MR) is 110 cm³/mol. The summed E-state index contributed by atoms with van der Waals surface area (Å²) in [5.41, 5.74) is 1.73. The first-order valence-corrected chi connectivity index (χ1v) is 10.3. The molecule has 1 heterocycles. The third-order valence-electron chi connectivity index (χ3n) is 4.13. The van der Waals surface area contributed by atoms with E-state index >= 15 is 0 Å². The van der Waals surface area contributed by atoms with E-state index in [-0.39, 0.29) is 17.3 Å². The highest BCUT2D eigenvalue weighted by molar-refractivity contribution is 7.89. The lowest BCUT2D eigenvalue weighted by Gasteiger charge is -2.09. The Labute approximate surface area is 169 Å². The van der Waals surface area contributed by atoms with Crippen LogP contribution < -0.4 is 10.0 Å². The summed E-state index contributed by atoms with van der Waals surface area (Å²) < 4.78 is 28.3. The number of aromatic nitrogens is 3. The van der Waals surface area contributed by atoms with Crippen molar-refractivity contribution in [2.24, 2.45) is 0 Å². The second-order valence-corrected chi connectivity index (χ2v) is 7.80. The van der Waals surface area contributed by atoms with Crippen LogP contribution in [-0.4, -0.2) is 35.6 Å². The highest BCUT2D eigenvalue weighted by Crippen LogP contribution is 2.21. The first-order chi connectivity index (χ1) is 13.9. The zero-order chi connectivity index (χ0) is 20.9. The van der Waals surface area contributed by atoms with Gasteiger partial charge in [-0.05, 0) is 43.3 Å². The van der Waals surface area contributed by atoms with E-state index in [0.717, 1.165) is 12.1 Å². The number of nitrogens with zero attached hydrogens (tertiary/aromatic N) is 3. The van der Waals surface area contributed by atoms with E-state index in [1.54, 1.807) is 18.5 Å². The second-order valence-electron chi connectivity index (χ2n) is 6.03. The highest BCUT2D eigenvalue weighted by atomic mass is 32.2. The summed E-state index contributed by atoms with van der Waals surface area (Å²) in [6.07, 6.45) is 6.72. The Morgan fingerprint density at radius 1 is 1.21 bits per heavy atom. The number of aryl methyl sites for hydroxylation is 1. The summed E-state index contributed by atoms with van der Waals surface area (Å²) >= 11 is 0. The number of benzene rings is 2. The molecule has 0 radical (unpaired) electrons. The Morgan fingerprint density at radius 2 is 1.97 bits per heavy atom. The van der Waals surface area contributed by atoms with E-state index < -0.39 is 10.0 Å². The Kier molecular flexibility index (Phi) is 6.07. The van der Waals surface area contributed by atoms with Crippen LogP contribution in [0.3, 0.4) is 0 Å². The Hall–Kier alpha value is -3.48. The topological polar surface area (TPSA) is 106 Å². The number of sulfonamides is 1. The first kappa shape index (κ1) is 20.3. The monoisotopic (exact) mass is 409 g/mol. The van der Waals surface area contributed by atoms with E-state index in [9.17, 15) is 13.2 Å². The van der Waals surface area contributed by atoms with Gasteiger partial charge in [-0.15, -0.1) is 16.6 Å². The lowest BCUT2D eigenvalue weighted by Crippen LogP contribution is -2.24. The zero-order valence-corrected chi connectivity index (χ0v) is 16.5. The maximum atomic E-state index is 12.5. The van der Waals surface area contributed by atoms with Gasteiger partial charge < -0.3 is 9.88 Å². The van der Waals surface area contributed by atoms with Gasteiger partial charge in [0.2, 0.25) is 10.0 Å². The average Bonchev–Trinajstić information content (AvgIpc) is 3.21. The molecule has 9 heteroatoms. The normalized spacial score (nSPS) is 11.0. The molecule has 2 N–H and O–H groups in total. The molecule has 29 heavy (non-hydrogen) atoms. The van der Waals surface area contributed by atoms with Crippen LogP contribution in [0.2, 0.25) is 0 Å². The number of hydrogen-bond donors (Lipinski definition) is 2. The van der Waals surface area contributed by atoms with Gasteiger partial charge in [-0.2, -0.15) is 4.72 Å². The van der Waals surface area contributed by atoms with Crippen LogP contribution >= 0.6 is 0 Å².